The third-order valence-electron chi connectivity index (χ3n) is 5.35. The van der Waals surface area contributed by atoms with E-state index in [1.54, 1.807) is 0 Å². The number of fused-ring (bicyclic) bond motifs is 2. The van der Waals surface area contributed by atoms with Crippen molar-refractivity contribution >= 4 is 16.8 Å². The van der Waals surface area contributed by atoms with Gasteiger partial charge < -0.3 is 9.80 Å². The fourth-order valence-corrected chi connectivity index (χ4v) is 3.80. The first kappa shape index (κ1) is 17.7. The van der Waals surface area contributed by atoms with Crippen LogP contribution in [-0.2, 0) is 6.54 Å². The summed E-state index contributed by atoms with van der Waals surface area (Å²) < 4.78 is 2.08. The van der Waals surface area contributed by atoms with Gasteiger partial charge in [-0.25, -0.2) is 4.98 Å². The van der Waals surface area contributed by atoms with E-state index in [4.69, 9.17) is 0 Å². The molecule has 6 nitrogen and oxygen atoms in total. The SMILES string of the molecule is CCN(CC)C[C@H]1CN(C(=O)c2ccc3ccccc3n2)Cc2ccnn21. The molecule has 0 fully saturated rings. The molecule has 0 N–H and O–H groups in total. The highest BCUT2D eigenvalue weighted by atomic mass is 16.2. The third-order valence-corrected chi connectivity index (χ3v) is 5.35. The fourth-order valence-electron chi connectivity index (χ4n) is 3.80. The lowest BCUT2D eigenvalue weighted by Gasteiger charge is -2.36. The van der Waals surface area contributed by atoms with Crippen LogP contribution in [0.1, 0.15) is 36.1 Å². The molecule has 27 heavy (non-hydrogen) atoms. The number of hydrogen-bond acceptors (Lipinski definition) is 4. The second kappa shape index (κ2) is 7.48. The van der Waals surface area contributed by atoms with Gasteiger partial charge >= 0.3 is 0 Å². The van der Waals surface area contributed by atoms with Crippen molar-refractivity contribution in [1.82, 2.24) is 24.6 Å². The molecule has 2 aromatic heterocycles. The first-order valence-corrected chi connectivity index (χ1v) is 9.59. The third kappa shape index (κ3) is 3.45. The average molecular weight is 363 g/mol. The highest BCUT2D eigenvalue weighted by Gasteiger charge is 2.30. The van der Waals surface area contributed by atoms with Crippen molar-refractivity contribution in [2.75, 3.05) is 26.2 Å². The van der Waals surface area contributed by atoms with Gasteiger partial charge in [-0.15, -0.1) is 0 Å². The minimum Gasteiger partial charge on any atom is -0.329 e. The average Bonchev–Trinajstić information content (AvgIpc) is 3.19. The molecule has 140 valence electrons. The van der Waals surface area contributed by atoms with Gasteiger partial charge in [0.2, 0.25) is 0 Å². The van der Waals surface area contributed by atoms with E-state index in [2.05, 4.69) is 33.5 Å². The Hall–Kier alpha value is -2.73. The van der Waals surface area contributed by atoms with Crippen molar-refractivity contribution in [1.29, 1.82) is 0 Å². The van der Waals surface area contributed by atoms with E-state index in [0.717, 1.165) is 36.2 Å². The number of aromatic nitrogens is 3. The summed E-state index contributed by atoms with van der Waals surface area (Å²) in [4.78, 5) is 22.0. The Morgan fingerprint density at radius 2 is 1.96 bits per heavy atom. The number of amides is 1. The Bertz CT molecular complexity index is 946. The molecule has 1 aliphatic rings. The number of para-hydroxylation sites is 1. The van der Waals surface area contributed by atoms with E-state index in [1.165, 1.54) is 0 Å². The number of likely N-dealkylation sites (N-methyl/N-ethyl adjacent to an activating group) is 1. The van der Waals surface area contributed by atoms with Crippen LogP contribution in [0.5, 0.6) is 0 Å². The van der Waals surface area contributed by atoms with E-state index >= 15 is 0 Å². The van der Waals surface area contributed by atoms with Crippen LogP contribution in [0.25, 0.3) is 10.9 Å². The number of rotatable bonds is 5. The van der Waals surface area contributed by atoms with E-state index < -0.39 is 0 Å². The van der Waals surface area contributed by atoms with Crippen LogP contribution >= 0.6 is 0 Å². The molecule has 0 saturated heterocycles. The molecule has 0 saturated carbocycles. The van der Waals surface area contributed by atoms with Crippen LogP contribution in [0.2, 0.25) is 0 Å². The second-order valence-electron chi connectivity index (χ2n) is 6.98. The molecule has 3 aromatic rings. The zero-order valence-electron chi connectivity index (χ0n) is 15.9. The minimum absolute atomic E-state index is 0.0160. The van der Waals surface area contributed by atoms with Gasteiger partial charge in [0.15, 0.2) is 0 Å². The molecule has 1 aliphatic heterocycles. The van der Waals surface area contributed by atoms with Gasteiger partial charge in [-0.05, 0) is 31.3 Å². The van der Waals surface area contributed by atoms with Crippen molar-refractivity contribution in [2.45, 2.75) is 26.4 Å². The lowest BCUT2D eigenvalue weighted by atomic mass is 10.1. The molecule has 1 aromatic carbocycles. The quantitative estimate of drug-likeness (QED) is 0.699. The summed E-state index contributed by atoms with van der Waals surface area (Å²) in [6.07, 6.45) is 1.83. The normalized spacial score (nSPS) is 16.7. The Kier molecular flexibility index (Phi) is 4.90. The largest absolute Gasteiger partial charge is 0.329 e. The summed E-state index contributed by atoms with van der Waals surface area (Å²) in [5.74, 6) is -0.0160. The molecular weight excluding hydrogens is 338 g/mol. The number of carbonyl (C=O) groups is 1. The molecule has 3 heterocycles. The number of pyridine rings is 1. The molecule has 1 amide bonds. The van der Waals surface area contributed by atoms with Gasteiger partial charge in [-0.2, -0.15) is 5.10 Å². The zero-order valence-corrected chi connectivity index (χ0v) is 15.9. The Labute approximate surface area is 159 Å². The van der Waals surface area contributed by atoms with Gasteiger partial charge in [-0.1, -0.05) is 38.1 Å². The van der Waals surface area contributed by atoms with Gasteiger partial charge in [0.25, 0.3) is 5.91 Å². The summed E-state index contributed by atoms with van der Waals surface area (Å²) in [5.41, 5.74) is 2.43. The van der Waals surface area contributed by atoms with E-state index in [-0.39, 0.29) is 11.9 Å². The maximum atomic E-state index is 13.2. The van der Waals surface area contributed by atoms with Crippen LogP contribution in [0.4, 0.5) is 0 Å². The molecular formula is C21H25N5O. The summed E-state index contributed by atoms with van der Waals surface area (Å²) in [6.45, 7) is 8.42. The number of carbonyl (C=O) groups excluding carboxylic acids is 1. The lowest BCUT2D eigenvalue weighted by Crippen LogP contribution is -2.45. The maximum absolute atomic E-state index is 13.2. The zero-order chi connectivity index (χ0) is 18.8. The highest BCUT2D eigenvalue weighted by molar-refractivity contribution is 5.95. The fraction of sp³-hybridized carbons (Fsp3) is 0.381. The van der Waals surface area contributed by atoms with Gasteiger partial charge in [0.05, 0.1) is 23.8 Å². The molecule has 0 bridgehead atoms. The minimum atomic E-state index is -0.0160. The molecule has 6 heteroatoms. The summed E-state index contributed by atoms with van der Waals surface area (Å²) in [7, 11) is 0. The summed E-state index contributed by atoms with van der Waals surface area (Å²) >= 11 is 0. The van der Waals surface area contributed by atoms with Crippen LogP contribution in [0.3, 0.4) is 0 Å². The predicted molar refractivity (Wildman–Crippen MR) is 106 cm³/mol. The van der Waals surface area contributed by atoms with Gasteiger partial charge in [-0.3, -0.25) is 9.48 Å². The van der Waals surface area contributed by atoms with Crippen LogP contribution in [0.15, 0.2) is 48.7 Å². The van der Waals surface area contributed by atoms with Crippen molar-refractivity contribution in [3.63, 3.8) is 0 Å². The molecule has 0 spiro atoms. The Morgan fingerprint density at radius 1 is 1.15 bits per heavy atom. The van der Waals surface area contributed by atoms with Crippen molar-refractivity contribution < 1.29 is 4.79 Å². The maximum Gasteiger partial charge on any atom is 0.272 e. The Morgan fingerprint density at radius 3 is 2.78 bits per heavy atom. The van der Waals surface area contributed by atoms with Crippen molar-refractivity contribution in [2.24, 2.45) is 0 Å². The van der Waals surface area contributed by atoms with Crippen LogP contribution in [0, 0.1) is 0 Å². The number of benzene rings is 1. The predicted octanol–water partition coefficient (Wildman–Crippen LogP) is 2.97. The monoisotopic (exact) mass is 363 g/mol. The number of nitrogens with zero attached hydrogens (tertiary/aromatic N) is 5. The smallest absolute Gasteiger partial charge is 0.272 e. The second-order valence-corrected chi connectivity index (χ2v) is 6.98. The lowest BCUT2D eigenvalue weighted by molar-refractivity contribution is 0.0637. The first-order valence-electron chi connectivity index (χ1n) is 9.59. The molecule has 4 rings (SSSR count). The van der Waals surface area contributed by atoms with E-state index in [9.17, 15) is 4.79 Å². The van der Waals surface area contributed by atoms with E-state index in [1.807, 2.05) is 53.6 Å². The summed E-state index contributed by atoms with van der Waals surface area (Å²) in [5, 5.41) is 5.55. The van der Waals surface area contributed by atoms with Gasteiger partial charge in [0, 0.05) is 24.7 Å². The molecule has 0 aliphatic carbocycles. The topological polar surface area (TPSA) is 54.3 Å². The summed E-state index contributed by atoms with van der Waals surface area (Å²) in [6, 6.07) is 13.8. The molecule has 0 unspecified atom stereocenters. The highest BCUT2D eigenvalue weighted by Crippen LogP contribution is 2.23. The van der Waals surface area contributed by atoms with Gasteiger partial charge in [0.1, 0.15) is 5.69 Å². The van der Waals surface area contributed by atoms with Crippen molar-refractivity contribution in [3.8, 4) is 0 Å². The Balaban J connectivity index is 1.60. The number of hydrogen-bond donors (Lipinski definition) is 0. The van der Waals surface area contributed by atoms with Crippen LogP contribution < -0.4 is 0 Å². The molecule has 0 radical (unpaired) electrons. The van der Waals surface area contributed by atoms with Crippen LogP contribution in [-0.4, -0.2) is 56.7 Å². The van der Waals surface area contributed by atoms with E-state index in [0.29, 0.717) is 18.8 Å². The molecule has 1 atom stereocenters. The standard InChI is InChI=1S/C21H25N5O/c1-3-24(4-2)13-18-15-25(14-17-11-12-22-26(17)18)21(27)20-10-9-16-7-5-6-8-19(16)23-20/h5-12,18H,3-4,13-15H2,1-2H3/t18-/m0/s1. The van der Waals surface area contributed by atoms with Crippen molar-refractivity contribution in [3.05, 3.63) is 60.0 Å². The first-order chi connectivity index (χ1) is 13.2.